The molecule has 102 valence electrons. The van der Waals surface area contributed by atoms with E-state index in [0.717, 1.165) is 12.1 Å². The lowest BCUT2D eigenvalue weighted by Gasteiger charge is -2.42. The van der Waals surface area contributed by atoms with Crippen molar-refractivity contribution in [1.82, 2.24) is 0 Å². The number of alkyl halides is 3. The molecule has 3 atom stereocenters. The highest BCUT2D eigenvalue weighted by atomic mass is 19.4. The van der Waals surface area contributed by atoms with Crippen molar-refractivity contribution in [2.45, 2.75) is 24.1 Å². The standard InChI is InChI=1S/C13H11F3O3/c14-13(15,16)8-3-1-2-7(4-8)12-5-9(19-6-12)10(12)11(17)18/h1-4,9-10H,5-6H2,(H,17,18). The van der Waals surface area contributed by atoms with Crippen LogP contribution in [0.25, 0.3) is 0 Å². The van der Waals surface area contributed by atoms with Crippen LogP contribution in [-0.4, -0.2) is 23.8 Å². The fourth-order valence-electron chi connectivity index (χ4n) is 3.14. The quantitative estimate of drug-likeness (QED) is 0.899. The average molecular weight is 272 g/mol. The minimum Gasteiger partial charge on any atom is -0.481 e. The van der Waals surface area contributed by atoms with E-state index in [1.165, 1.54) is 6.07 Å². The highest BCUT2D eigenvalue weighted by molar-refractivity contribution is 5.76. The molecule has 19 heavy (non-hydrogen) atoms. The molecular formula is C13H11F3O3. The van der Waals surface area contributed by atoms with Gasteiger partial charge < -0.3 is 9.84 Å². The first-order valence-corrected chi connectivity index (χ1v) is 5.87. The Labute approximate surface area is 107 Å². The lowest BCUT2D eigenvalue weighted by Crippen LogP contribution is -2.52. The molecule has 0 aromatic heterocycles. The summed E-state index contributed by atoms with van der Waals surface area (Å²) < 4.78 is 43.4. The number of ether oxygens (including phenoxy) is 1. The van der Waals surface area contributed by atoms with Crippen molar-refractivity contribution in [3.8, 4) is 0 Å². The maximum Gasteiger partial charge on any atom is 0.416 e. The molecule has 2 heterocycles. The zero-order valence-corrected chi connectivity index (χ0v) is 9.78. The van der Waals surface area contributed by atoms with Crippen LogP contribution >= 0.6 is 0 Å². The van der Waals surface area contributed by atoms with E-state index in [2.05, 4.69) is 0 Å². The number of carboxylic acids is 1. The molecule has 6 heteroatoms. The Kier molecular flexibility index (Phi) is 2.44. The van der Waals surface area contributed by atoms with E-state index in [0.29, 0.717) is 12.0 Å². The number of fused-ring (bicyclic) bond motifs is 1. The van der Waals surface area contributed by atoms with Gasteiger partial charge in [-0.15, -0.1) is 0 Å². The molecule has 1 N–H and O–H groups in total. The molecule has 0 spiro atoms. The Morgan fingerprint density at radius 3 is 2.74 bits per heavy atom. The molecule has 2 saturated heterocycles. The number of carbonyl (C=O) groups is 1. The molecule has 3 unspecified atom stereocenters. The van der Waals surface area contributed by atoms with Gasteiger partial charge >= 0.3 is 12.1 Å². The van der Waals surface area contributed by atoms with Crippen LogP contribution in [0.3, 0.4) is 0 Å². The van der Waals surface area contributed by atoms with E-state index >= 15 is 0 Å². The number of aliphatic carboxylic acids is 1. The molecule has 2 aliphatic heterocycles. The third kappa shape index (κ3) is 1.66. The van der Waals surface area contributed by atoms with Gasteiger partial charge in [-0.05, 0) is 18.1 Å². The molecule has 0 amide bonds. The van der Waals surface area contributed by atoms with Gasteiger partial charge in [0.1, 0.15) is 0 Å². The molecule has 3 nitrogen and oxygen atoms in total. The van der Waals surface area contributed by atoms with Crippen molar-refractivity contribution in [2.24, 2.45) is 5.92 Å². The van der Waals surface area contributed by atoms with Crippen LogP contribution in [0, 0.1) is 5.92 Å². The van der Waals surface area contributed by atoms with Gasteiger partial charge in [0.15, 0.2) is 0 Å². The van der Waals surface area contributed by atoms with E-state index in [4.69, 9.17) is 9.84 Å². The Bertz CT molecular complexity index is 536. The highest BCUT2D eigenvalue weighted by Gasteiger charge is 2.65. The van der Waals surface area contributed by atoms with Gasteiger partial charge in [-0.3, -0.25) is 4.79 Å². The molecule has 0 radical (unpaired) electrons. The van der Waals surface area contributed by atoms with Gasteiger partial charge in [-0.25, -0.2) is 0 Å². The minimum absolute atomic E-state index is 0.177. The Balaban J connectivity index is 2.01. The Hall–Kier alpha value is -1.56. The first-order chi connectivity index (χ1) is 8.84. The van der Waals surface area contributed by atoms with Crippen molar-refractivity contribution >= 4 is 5.97 Å². The largest absolute Gasteiger partial charge is 0.481 e. The molecule has 3 aliphatic rings. The van der Waals surface area contributed by atoms with Crippen molar-refractivity contribution in [3.63, 3.8) is 0 Å². The summed E-state index contributed by atoms with van der Waals surface area (Å²) in [5, 5.41) is 9.17. The average Bonchev–Trinajstić information content (AvgIpc) is 2.86. The number of halogens is 3. The molecule has 1 aliphatic carbocycles. The summed E-state index contributed by atoms with van der Waals surface area (Å²) in [5.41, 5.74) is -1.14. The molecular weight excluding hydrogens is 261 g/mol. The normalized spacial score (nSPS) is 33.0. The van der Waals surface area contributed by atoms with Gasteiger partial charge in [-0.2, -0.15) is 13.2 Å². The van der Waals surface area contributed by atoms with Crippen molar-refractivity contribution in [3.05, 3.63) is 35.4 Å². The minimum atomic E-state index is -4.42. The summed E-state index contributed by atoms with van der Waals surface area (Å²) in [5.74, 6) is -1.75. The zero-order valence-electron chi connectivity index (χ0n) is 9.78. The maximum atomic E-state index is 12.7. The summed E-state index contributed by atoms with van der Waals surface area (Å²) in [7, 11) is 0. The summed E-state index contributed by atoms with van der Waals surface area (Å²) in [6.45, 7) is 0.177. The molecule has 1 aromatic rings. The van der Waals surface area contributed by atoms with E-state index in [1.807, 2.05) is 0 Å². The molecule has 2 bridgehead atoms. The van der Waals surface area contributed by atoms with Crippen LogP contribution in [0.2, 0.25) is 0 Å². The fourth-order valence-corrected chi connectivity index (χ4v) is 3.14. The lowest BCUT2D eigenvalue weighted by atomic mass is 9.57. The molecule has 3 fully saturated rings. The predicted octanol–water partition coefficient (Wildman–Crippen LogP) is 2.45. The van der Waals surface area contributed by atoms with Crippen molar-refractivity contribution in [2.75, 3.05) is 6.61 Å². The van der Waals surface area contributed by atoms with Crippen molar-refractivity contribution in [1.29, 1.82) is 0 Å². The second kappa shape index (κ2) is 3.72. The predicted molar refractivity (Wildman–Crippen MR) is 58.6 cm³/mol. The number of carboxylic acid groups (broad SMARTS) is 1. The van der Waals surface area contributed by atoms with Gasteiger partial charge in [0, 0.05) is 5.41 Å². The maximum absolute atomic E-state index is 12.7. The summed E-state index contributed by atoms with van der Waals surface area (Å²) >= 11 is 0. The van der Waals surface area contributed by atoms with Crippen LogP contribution in [0.5, 0.6) is 0 Å². The summed E-state index contributed by atoms with van der Waals surface area (Å²) in [4.78, 5) is 11.2. The third-order valence-corrected chi connectivity index (χ3v) is 4.12. The van der Waals surface area contributed by atoms with E-state index in [-0.39, 0.29) is 12.7 Å². The topological polar surface area (TPSA) is 46.5 Å². The molecule has 1 aromatic carbocycles. The van der Waals surface area contributed by atoms with Crippen LogP contribution in [-0.2, 0) is 21.1 Å². The number of benzene rings is 1. The van der Waals surface area contributed by atoms with Crippen molar-refractivity contribution < 1.29 is 27.8 Å². The lowest BCUT2D eigenvalue weighted by molar-refractivity contribution is -0.150. The van der Waals surface area contributed by atoms with Gasteiger partial charge in [0.25, 0.3) is 0 Å². The monoisotopic (exact) mass is 272 g/mol. The van der Waals surface area contributed by atoms with Crippen LogP contribution in [0.4, 0.5) is 13.2 Å². The summed E-state index contributed by atoms with van der Waals surface area (Å²) in [6.07, 6.45) is -4.31. The Morgan fingerprint density at radius 1 is 1.42 bits per heavy atom. The second-order valence-electron chi connectivity index (χ2n) is 5.10. The van der Waals surface area contributed by atoms with Crippen LogP contribution in [0.15, 0.2) is 24.3 Å². The van der Waals surface area contributed by atoms with E-state index in [9.17, 15) is 18.0 Å². The number of hydrogen-bond donors (Lipinski definition) is 1. The number of hydrogen-bond acceptors (Lipinski definition) is 2. The van der Waals surface area contributed by atoms with Gasteiger partial charge in [0.2, 0.25) is 0 Å². The second-order valence-corrected chi connectivity index (χ2v) is 5.10. The first kappa shape index (κ1) is 12.5. The SMILES string of the molecule is O=C(O)C1C2CC1(c1cccc(C(F)(F)F)c1)CO2. The fraction of sp³-hybridized carbons (Fsp3) is 0.462. The van der Waals surface area contributed by atoms with Crippen LogP contribution < -0.4 is 0 Å². The Morgan fingerprint density at radius 2 is 2.16 bits per heavy atom. The first-order valence-electron chi connectivity index (χ1n) is 5.87. The molecule has 4 rings (SSSR count). The van der Waals surface area contributed by atoms with E-state index in [1.54, 1.807) is 6.07 Å². The zero-order chi connectivity index (χ0) is 13.8. The highest BCUT2D eigenvalue weighted by Crippen LogP contribution is 2.56. The van der Waals surface area contributed by atoms with Gasteiger partial charge in [-0.1, -0.05) is 18.2 Å². The van der Waals surface area contributed by atoms with Gasteiger partial charge in [0.05, 0.1) is 24.2 Å². The summed E-state index contributed by atoms with van der Waals surface area (Å²) in [6, 6.07) is 4.90. The van der Waals surface area contributed by atoms with E-state index < -0.39 is 29.0 Å². The molecule has 1 saturated carbocycles. The smallest absolute Gasteiger partial charge is 0.416 e. The van der Waals surface area contributed by atoms with Crippen LogP contribution in [0.1, 0.15) is 17.5 Å². The number of rotatable bonds is 2. The third-order valence-electron chi connectivity index (χ3n) is 4.12.